The highest BCUT2D eigenvalue weighted by Crippen LogP contribution is 2.29. The van der Waals surface area contributed by atoms with Crippen LogP contribution in [-0.4, -0.2) is 51.8 Å². The molecule has 0 aliphatic carbocycles. The van der Waals surface area contributed by atoms with Gasteiger partial charge in [0, 0.05) is 25.8 Å². The van der Waals surface area contributed by atoms with Crippen molar-refractivity contribution < 1.29 is 17.9 Å². The first kappa shape index (κ1) is 22.8. The van der Waals surface area contributed by atoms with Crippen LogP contribution in [0.1, 0.15) is 45.8 Å². The number of nitrogens with zero attached hydrogens (tertiary/aromatic N) is 2. The molecule has 1 fully saturated rings. The summed E-state index contributed by atoms with van der Waals surface area (Å²) in [5, 5.41) is 8.94. The number of ether oxygens (including phenoxy) is 1. The van der Waals surface area contributed by atoms with Gasteiger partial charge in [-0.15, -0.1) is 0 Å². The maximum absolute atomic E-state index is 13.0. The van der Waals surface area contributed by atoms with E-state index in [1.54, 1.807) is 25.1 Å². The standard InChI is InChI=1S/C23H27N3O4S/c1-17-3-6-21(15-22(17)25-31(28,29)14-13-30-2)23(27)26-11-9-20(10-12-26)19-7-4-18(16-24)5-8-19/h3-8,15,20,25H,9-14H2,1-2H3. The van der Waals surface area contributed by atoms with Gasteiger partial charge in [-0.25, -0.2) is 8.42 Å². The van der Waals surface area contributed by atoms with E-state index in [0.717, 1.165) is 18.4 Å². The van der Waals surface area contributed by atoms with E-state index in [1.165, 1.54) is 12.7 Å². The number of nitriles is 1. The molecule has 7 nitrogen and oxygen atoms in total. The summed E-state index contributed by atoms with van der Waals surface area (Å²) in [6.45, 7) is 3.16. The van der Waals surface area contributed by atoms with Gasteiger partial charge in [0.05, 0.1) is 29.7 Å². The molecule has 0 aromatic heterocycles. The van der Waals surface area contributed by atoms with Crippen molar-refractivity contribution in [1.82, 2.24) is 4.90 Å². The van der Waals surface area contributed by atoms with Crippen LogP contribution in [0.5, 0.6) is 0 Å². The molecule has 8 heteroatoms. The van der Waals surface area contributed by atoms with Gasteiger partial charge >= 0.3 is 0 Å². The molecule has 1 N–H and O–H groups in total. The molecule has 2 aromatic rings. The maximum atomic E-state index is 13.0. The van der Waals surface area contributed by atoms with Crippen molar-refractivity contribution in [3.8, 4) is 6.07 Å². The van der Waals surface area contributed by atoms with E-state index in [9.17, 15) is 13.2 Å². The minimum absolute atomic E-state index is 0.0984. The van der Waals surface area contributed by atoms with Gasteiger partial charge in [0.1, 0.15) is 0 Å². The zero-order chi connectivity index (χ0) is 22.4. The monoisotopic (exact) mass is 441 g/mol. The molecule has 1 heterocycles. The normalized spacial score (nSPS) is 14.8. The first-order valence-corrected chi connectivity index (χ1v) is 11.9. The molecule has 31 heavy (non-hydrogen) atoms. The number of benzene rings is 2. The van der Waals surface area contributed by atoms with Crippen LogP contribution in [0.25, 0.3) is 0 Å². The van der Waals surface area contributed by atoms with Crippen LogP contribution in [0, 0.1) is 18.3 Å². The first-order chi connectivity index (χ1) is 14.8. The summed E-state index contributed by atoms with van der Waals surface area (Å²) < 4.78 is 31.8. The minimum atomic E-state index is -3.55. The Kier molecular flexibility index (Phi) is 7.31. The number of amides is 1. The van der Waals surface area contributed by atoms with Crippen molar-refractivity contribution >= 4 is 21.6 Å². The van der Waals surface area contributed by atoms with Gasteiger partial charge in [0.15, 0.2) is 0 Å². The molecular weight excluding hydrogens is 414 g/mol. The third-order valence-corrected chi connectivity index (χ3v) is 6.83. The summed E-state index contributed by atoms with van der Waals surface area (Å²) in [6.07, 6.45) is 1.69. The lowest BCUT2D eigenvalue weighted by Crippen LogP contribution is -2.38. The Morgan fingerprint density at radius 1 is 1.19 bits per heavy atom. The van der Waals surface area contributed by atoms with Crippen LogP contribution in [0.3, 0.4) is 0 Å². The molecule has 2 aromatic carbocycles. The highest BCUT2D eigenvalue weighted by atomic mass is 32.2. The zero-order valence-electron chi connectivity index (χ0n) is 17.8. The summed E-state index contributed by atoms with van der Waals surface area (Å²) in [6, 6.07) is 14.9. The number of anilines is 1. The van der Waals surface area contributed by atoms with E-state index in [0.29, 0.717) is 35.8 Å². The Morgan fingerprint density at radius 2 is 1.87 bits per heavy atom. The number of carbonyl (C=O) groups excluding carboxylic acids is 1. The van der Waals surface area contributed by atoms with Crippen molar-refractivity contribution in [1.29, 1.82) is 5.26 Å². The molecule has 1 saturated heterocycles. The molecule has 0 saturated carbocycles. The molecule has 0 unspecified atom stereocenters. The van der Waals surface area contributed by atoms with Gasteiger partial charge in [-0.05, 0) is 61.1 Å². The molecule has 0 atom stereocenters. The SMILES string of the molecule is COCCS(=O)(=O)Nc1cc(C(=O)N2CCC(c3ccc(C#N)cc3)CC2)ccc1C. The van der Waals surface area contributed by atoms with Crippen LogP contribution in [0.15, 0.2) is 42.5 Å². The average molecular weight is 442 g/mol. The number of piperidine rings is 1. The molecule has 0 radical (unpaired) electrons. The van der Waals surface area contributed by atoms with Crippen molar-refractivity contribution in [2.24, 2.45) is 0 Å². The third kappa shape index (κ3) is 5.84. The maximum Gasteiger partial charge on any atom is 0.253 e. The fourth-order valence-corrected chi connectivity index (χ4v) is 4.75. The quantitative estimate of drug-likeness (QED) is 0.711. The molecule has 1 aliphatic rings. The van der Waals surface area contributed by atoms with E-state index in [2.05, 4.69) is 10.8 Å². The van der Waals surface area contributed by atoms with Gasteiger partial charge in [-0.3, -0.25) is 9.52 Å². The molecule has 1 aliphatic heterocycles. The number of carbonyl (C=O) groups is 1. The second-order valence-corrected chi connectivity index (χ2v) is 9.59. The van der Waals surface area contributed by atoms with Crippen molar-refractivity contribution in [2.75, 3.05) is 37.3 Å². The summed E-state index contributed by atoms with van der Waals surface area (Å²) in [5.74, 6) is 0.109. The highest BCUT2D eigenvalue weighted by Gasteiger charge is 2.25. The number of aryl methyl sites for hydroxylation is 1. The van der Waals surface area contributed by atoms with E-state index in [4.69, 9.17) is 10.00 Å². The summed E-state index contributed by atoms with van der Waals surface area (Å²) in [4.78, 5) is 14.8. The van der Waals surface area contributed by atoms with Crippen LogP contribution in [0.4, 0.5) is 5.69 Å². The predicted molar refractivity (Wildman–Crippen MR) is 120 cm³/mol. The number of rotatable bonds is 7. The highest BCUT2D eigenvalue weighted by molar-refractivity contribution is 7.92. The van der Waals surface area contributed by atoms with Gasteiger partial charge < -0.3 is 9.64 Å². The molecule has 0 bridgehead atoms. The second-order valence-electron chi connectivity index (χ2n) is 7.74. The van der Waals surface area contributed by atoms with Crippen LogP contribution in [-0.2, 0) is 14.8 Å². The number of hydrogen-bond donors (Lipinski definition) is 1. The Hall–Kier alpha value is -2.89. The molecule has 3 rings (SSSR count). The summed E-state index contributed by atoms with van der Waals surface area (Å²) >= 11 is 0. The zero-order valence-corrected chi connectivity index (χ0v) is 18.6. The number of methoxy groups -OCH3 is 1. The predicted octanol–water partition coefficient (Wildman–Crippen LogP) is 3.27. The second kappa shape index (κ2) is 9.94. The summed E-state index contributed by atoms with van der Waals surface area (Å²) in [5.41, 5.74) is 3.46. The van der Waals surface area contributed by atoms with Crippen molar-refractivity contribution in [2.45, 2.75) is 25.7 Å². The van der Waals surface area contributed by atoms with Crippen molar-refractivity contribution in [3.05, 3.63) is 64.7 Å². The molecule has 164 valence electrons. The molecule has 0 spiro atoms. The van der Waals surface area contributed by atoms with Crippen LogP contribution >= 0.6 is 0 Å². The molecule has 1 amide bonds. The van der Waals surface area contributed by atoms with E-state index in [1.807, 2.05) is 29.2 Å². The minimum Gasteiger partial charge on any atom is -0.384 e. The lowest BCUT2D eigenvalue weighted by molar-refractivity contribution is 0.0713. The fourth-order valence-electron chi connectivity index (χ4n) is 3.70. The van der Waals surface area contributed by atoms with Gasteiger partial charge in [-0.1, -0.05) is 18.2 Å². The lowest BCUT2D eigenvalue weighted by Gasteiger charge is -2.32. The van der Waals surface area contributed by atoms with E-state index in [-0.39, 0.29) is 18.3 Å². The van der Waals surface area contributed by atoms with E-state index < -0.39 is 10.0 Å². The third-order valence-electron chi connectivity index (χ3n) is 5.60. The van der Waals surface area contributed by atoms with Gasteiger partial charge in [0.2, 0.25) is 10.0 Å². The first-order valence-electron chi connectivity index (χ1n) is 10.2. The number of sulfonamides is 1. The number of hydrogen-bond acceptors (Lipinski definition) is 5. The van der Waals surface area contributed by atoms with Crippen LogP contribution < -0.4 is 4.72 Å². The number of nitrogens with one attached hydrogen (secondary N) is 1. The van der Waals surface area contributed by atoms with Gasteiger partial charge in [0.25, 0.3) is 5.91 Å². The van der Waals surface area contributed by atoms with Crippen LogP contribution in [0.2, 0.25) is 0 Å². The molecular formula is C23H27N3O4S. The average Bonchev–Trinajstić information content (AvgIpc) is 2.79. The van der Waals surface area contributed by atoms with E-state index >= 15 is 0 Å². The van der Waals surface area contributed by atoms with Gasteiger partial charge in [-0.2, -0.15) is 5.26 Å². The number of likely N-dealkylation sites (tertiary alicyclic amines) is 1. The lowest BCUT2D eigenvalue weighted by atomic mass is 9.89. The largest absolute Gasteiger partial charge is 0.384 e. The Labute approximate surface area is 183 Å². The van der Waals surface area contributed by atoms with Crippen molar-refractivity contribution in [3.63, 3.8) is 0 Å². The topological polar surface area (TPSA) is 99.5 Å². The summed E-state index contributed by atoms with van der Waals surface area (Å²) in [7, 11) is -2.10. The Morgan fingerprint density at radius 3 is 2.48 bits per heavy atom. The Balaban J connectivity index is 1.66. The smallest absolute Gasteiger partial charge is 0.253 e. The fraction of sp³-hybridized carbons (Fsp3) is 0.391. The Bertz CT molecular complexity index is 1070.